The highest BCUT2D eigenvalue weighted by molar-refractivity contribution is 9.10. The first kappa shape index (κ1) is 15.5. The van der Waals surface area contributed by atoms with E-state index >= 15 is 0 Å². The number of nitro benzene ring substituents is 1. The molecule has 0 atom stereocenters. The molecule has 5 nitrogen and oxygen atoms in total. The van der Waals surface area contributed by atoms with E-state index < -0.39 is 10.7 Å². The van der Waals surface area contributed by atoms with Crippen LogP contribution >= 0.6 is 27.5 Å². The lowest BCUT2D eigenvalue weighted by Crippen LogP contribution is -1.95. The van der Waals surface area contributed by atoms with Crippen LogP contribution in [0.5, 0.6) is 11.5 Å². The topological polar surface area (TPSA) is 64.4 Å². The van der Waals surface area contributed by atoms with Gasteiger partial charge in [0.2, 0.25) is 0 Å². The van der Waals surface area contributed by atoms with Gasteiger partial charge in [0.1, 0.15) is 17.3 Å². The van der Waals surface area contributed by atoms with Crippen molar-refractivity contribution in [2.75, 3.05) is 12.4 Å². The molecule has 2 aromatic carbocycles. The van der Waals surface area contributed by atoms with Crippen molar-refractivity contribution in [3.63, 3.8) is 0 Å². The summed E-state index contributed by atoms with van der Waals surface area (Å²) in [4.78, 5) is 10.3. The molecular weight excluding hydrogens is 367 g/mol. The van der Waals surface area contributed by atoms with Gasteiger partial charge in [0.05, 0.1) is 20.5 Å². The first-order valence-corrected chi connectivity index (χ1v) is 6.87. The number of ether oxygens (including phenoxy) is 1. The summed E-state index contributed by atoms with van der Waals surface area (Å²) < 4.78 is 19.4. The van der Waals surface area contributed by atoms with Gasteiger partial charge in [-0.15, -0.1) is 0 Å². The molecule has 0 heterocycles. The summed E-state index contributed by atoms with van der Waals surface area (Å²) in [5.74, 6) is -0.274. The highest BCUT2D eigenvalue weighted by atomic mass is 79.9. The van der Waals surface area contributed by atoms with Crippen molar-refractivity contribution in [1.29, 1.82) is 0 Å². The largest absolute Gasteiger partial charge is 0.456 e. The van der Waals surface area contributed by atoms with Crippen LogP contribution in [0.25, 0.3) is 0 Å². The van der Waals surface area contributed by atoms with Crippen LogP contribution in [0.3, 0.4) is 0 Å². The van der Waals surface area contributed by atoms with Crippen molar-refractivity contribution in [3.8, 4) is 11.5 Å². The Hall–Kier alpha value is -1.86. The fraction of sp³-hybridized carbons (Fsp3) is 0.0769. The first-order valence-electron chi connectivity index (χ1n) is 5.70. The minimum atomic E-state index is -0.644. The van der Waals surface area contributed by atoms with Crippen LogP contribution in [0.15, 0.2) is 34.8 Å². The van der Waals surface area contributed by atoms with Crippen LogP contribution in [0.4, 0.5) is 15.8 Å². The lowest BCUT2D eigenvalue weighted by Gasteiger charge is -2.10. The van der Waals surface area contributed by atoms with Gasteiger partial charge in [-0.2, -0.15) is 0 Å². The smallest absolute Gasteiger partial charge is 0.275 e. The van der Waals surface area contributed by atoms with Crippen LogP contribution in [0.1, 0.15) is 0 Å². The van der Waals surface area contributed by atoms with Gasteiger partial charge in [-0.3, -0.25) is 10.1 Å². The number of nitrogens with one attached hydrogen (secondary N) is 1. The number of nitrogens with zero attached hydrogens (tertiary/aromatic N) is 1. The van der Waals surface area contributed by atoms with Gasteiger partial charge in [-0.25, -0.2) is 4.39 Å². The summed E-state index contributed by atoms with van der Waals surface area (Å²) >= 11 is 8.84. The third kappa shape index (κ3) is 3.62. The van der Waals surface area contributed by atoms with Crippen LogP contribution in [-0.2, 0) is 0 Å². The average Bonchev–Trinajstić information content (AvgIpc) is 2.44. The van der Waals surface area contributed by atoms with Gasteiger partial charge in [0.15, 0.2) is 0 Å². The Morgan fingerprint density at radius 1 is 1.33 bits per heavy atom. The summed E-state index contributed by atoms with van der Waals surface area (Å²) in [6, 6.07) is 6.63. The van der Waals surface area contributed by atoms with Crippen molar-refractivity contribution in [2.45, 2.75) is 0 Å². The second-order valence-corrected chi connectivity index (χ2v) is 5.28. The van der Waals surface area contributed by atoms with Crippen LogP contribution in [0.2, 0.25) is 5.02 Å². The maximum absolute atomic E-state index is 13.5. The number of halogens is 3. The zero-order chi connectivity index (χ0) is 15.6. The number of hydrogen-bond donors (Lipinski definition) is 1. The Morgan fingerprint density at radius 3 is 2.67 bits per heavy atom. The third-order valence-corrected chi connectivity index (χ3v) is 3.50. The predicted octanol–water partition coefficient (Wildman–Crippen LogP) is 4.98. The second kappa shape index (κ2) is 6.28. The zero-order valence-electron chi connectivity index (χ0n) is 10.7. The Balaban J connectivity index is 2.41. The molecule has 2 aromatic rings. The molecule has 21 heavy (non-hydrogen) atoms. The maximum Gasteiger partial charge on any atom is 0.275 e. The number of non-ortho nitro benzene ring substituents is 1. The molecule has 0 amide bonds. The molecule has 110 valence electrons. The van der Waals surface area contributed by atoms with Crippen LogP contribution in [0, 0.1) is 15.9 Å². The van der Waals surface area contributed by atoms with Gasteiger partial charge in [-0.05, 0) is 22.0 Å². The van der Waals surface area contributed by atoms with Crippen molar-refractivity contribution in [1.82, 2.24) is 0 Å². The molecule has 2 rings (SSSR count). The normalized spacial score (nSPS) is 10.3. The SMILES string of the molecule is CNc1cc(Oc2cc(F)c(Cl)cc2Br)cc([N+](=O)[O-])c1. The molecule has 0 fully saturated rings. The Kier molecular flexibility index (Phi) is 4.64. The Bertz CT molecular complexity index is 712. The number of anilines is 1. The van der Waals surface area contributed by atoms with E-state index in [1.54, 1.807) is 13.1 Å². The summed E-state index contributed by atoms with van der Waals surface area (Å²) in [5.41, 5.74) is 0.368. The molecule has 0 saturated heterocycles. The molecule has 0 bridgehead atoms. The summed E-state index contributed by atoms with van der Waals surface area (Å²) in [6.07, 6.45) is 0. The van der Waals surface area contributed by atoms with E-state index in [2.05, 4.69) is 21.2 Å². The number of rotatable bonds is 4. The lowest BCUT2D eigenvalue weighted by molar-refractivity contribution is -0.384. The number of hydrogen-bond acceptors (Lipinski definition) is 4. The van der Waals surface area contributed by atoms with E-state index in [1.165, 1.54) is 18.2 Å². The minimum Gasteiger partial charge on any atom is -0.456 e. The van der Waals surface area contributed by atoms with E-state index in [9.17, 15) is 14.5 Å². The maximum atomic E-state index is 13.5. The fourth-order valence-electron chi connectivity index (χ4n) is 1.60. The van der Waals surface area contributed by atoms with E-state index in [1.807, 2.05) is 0 Å². The highest BCUT2D eigenvalue weighted by Crippen LogP contribution is 2.35. The molecular formula is C13H9BrClFN2O3. The van der Waals surface area contributed by atoms with E-state index in [4.69, 9.17) is 16.3 Å². The predicted molar refractivity (Wildman–Crippen MR) is 81.8 cm³/mol. The highest BCUT2D eigenvalue weighted by Gasteiger charge is 2.13. The van der Waals surface area contributed by atoms with Crippen LogP contribution in [-0.4, -0.2) is 12.0 Å². The summed E-state index contributed by atoms with van der Waals surface area (Å²) in [6.45, 7) is 0. The van der Waals surface area contributed by atoms with Crippen molar-refractivity contribution >= 4 is 38.9 Å². The van der Waals surface area contributed by atoms with Gasteiger partial charge in [0.25, 0.3) is 5.69 Å². The molecule has 0 aromatic heterocycles. The molecule has 0 spiro atoms. The third-order valence-electron chi connectivity index (χ3n) is 2.59. The van der Waals surface area contributed by atoms with E-state index in [0.717, 1.165) is 6.07 Å². The quantitative estimate of drug-likeness (QED) is 0.465. The van der Waals surface area contributed by atoms with Crippen molar-refractivity contribution < 1.29 is 14.1 Å². The summed E-state index contributed by atoms with van der Waals surface area (Å²) in [5, 5.41) is 13.6. The van der Waals surface area contributed by atoms with E-state index in [0.29, 0.717) is 10.2 Å². The molecule has 0 aliphatic heterocycles. The molecule has 0 unspecified atom stereocenters. The molecule has 8 heteroatoms. The van der Waals surface area contributed by atoms with Gasteiger partial charge < -0.3 is 10.1 Å². The minimum absolute atomic E-state index is 0.0517. The molecule has 0 aliphatic rings. The lowest BCUT2D eigenvalue weighted by atomic mass is 10.2. The molecule has 0 saturated carbocycles. The van der Waals surface area contributed by atoms with Crippen molar-refractivity contribution in [3.05, 3.63) is 55.8 Å². The molecule has 0 aliphatic carbocycles. The standard InChI is InChI=1S/C13H9BrClFN2O3/c1-17-7-2-8(18(19)20)4-9(3-7)21-13-6-12(16)11(15)5-10(13)14/h2-6,17H,1H3. The monoisotopic (exact) mass is 374 g/mol. The van der Waals surface area contributed by atoms with Gasteiger partial charge >= 0.3 is 0 Å². The average molecular weight is 376 g/mol. The van der Waals surface area contributed by atoms with Crippen molar-refractivity contribution in [2.24, 2.45) is 0 Å². The second-order valence-electron chi connectivity index (χ2n) is 4.02. The Labute approximate surface area is 133 Å². The molecule has 1 N–H and O–H groups in total. The fourth-order valence-corrected chi connectivity index (χ4v) is 2.32. The first-order chi connectivity index (χ1) is 9.90. The zero-order valence-corrected chi connectivity index (χ0v) is 13.0. The van der Waals surface area contributed by atoms with Crippen LogP contribution < -0.4 is 10.1 Å². The van der Waals surface area contributed by atoms with Gasteiger partial charge in [0, 0.05) is 30.9 Å². The summed E-state index contributed by atoms with van der Waals surface area (Å²) in [7, 11) is 1.63. The number of benzene rings is 2. The van der Waals surface area contributed by atoms with E-state index in [-0.39, 0.29) is 22.2 Å². The Morgan fingerprint density at radius 2 is 2.05 bits per heavy atom. The molecule has 0 radical (unpaired) electrons. The van der Waals surface area contributed by atoms with Gasteiger partial charge in [-0.1, -0.05) is 11.6 Å². The number of nitro groups is 1.